The number of carbonyl (C=O) groups is 1. The van der Waals surface area contributed by atoms with Gasteiger partial charge in [0, 0.05) is 11.6 Å². The van der Waals surface area contributed by atoms with E-state index in [-0.39, 0.29) is 5.82 Å². The van der Waals surface area contributed by atoms with Crippen LogP contribution in [0.1, 0.15) is 16.3 Å². The Balaban J connectivity index is 1.98. The average Bonchev–Trinajstić information content (AvgIpc) is 2.53. The first-order valence-corrected chi connectivity index (χ1v) is 6.23. The molecule has 0 radical (unpaired) electrons. The molecule has 1 aromatic carbocycles. The molecule has 0 aliphatic rings. The third kappa shape index (κ3) is 2.76. The SMILES string of the molecule is O=C(O)c1nc(NCc2ccncn2)c2ccccc2n1. The quantitative estimate of drug-likeness (QED) is 0.750. The van der Waals surface area contributed by atoms with E-state index in [4.69, 9.17) is 5.11 Å². The van der Waals surface area contributed by atoms with Gasteiger partial charge in [-0.15, -0.1) is 0 Å². The standard InChI is InChI=1S/C14H11N5O2/c20-14(21)13-18-11-4-2-1-3-10(11)12(19-13)16-7-9-5-6-15-8-17-9/h1-6,8H,7H2,(H,20,21)(H,16,18,19). The number of hydrogen-bond acceptors (Lipinski definition) is 6. The molecule has 0 bridgehead atoms. The molecular weight excluding hydrogens is 270 g/mol. The van der Waals surface area contributed by atoms with E-state index < -0.39 is 5.97 Å². The number of carboxylic acids is 1. The molecule has 0 saturated heterocycles. The van der Waals surface area contributed by atoms with E-state index in [1.54, 1.807) is 24.4 Å². The van der Waals surface area contributed by atoms with Crippen molar-refractivity contribution in [3.8, 4) is 0 Å². The van der Waals surface area contributed by atoms with Gasteiger partial charge in [0.25, 0.3) is 0 Å². The summed E-state index contributed by atoms with van der Waals surface area (Å²) in [7, 11) is 0. The van der Waals surface area contributed by atoms with Crippen LogP contribution in [0.2, 0.25) is 0 Å². The number of fused-ring (bicyclic) bond motifs is 1. The summed E-state index contributed by atoms with van der Waals surface area (Å²) in [6.07, 6.45) is 3.10. The lowest BCUT2D eigenvalue weighted by Crippen LogP contribution is -2.09. The van der Waals surface area contributed by atoms with Crippen LogP contribution in [-0.4, -0.2) is 31.0 Å². The maximum absolute atomic E-state index is 11.1. The van der Waals surface area contributed by atoms with Gasteiger partial charge < -0.3 is 10.4 Å². The minimum atomic E-state index is -1.16. The van der Waals surface area contributed by atoms with Crippen molar-refractivity contribution in [1.29, 1.82) is 0 Å². The fourth-order valence-corrected chi connectivity index (χ4v) is 1.90. The Bertz CT molecular complexity index is 792. The highest BCUT2D eigenvalue weighted by Gasteiger charge is 2.12. The van der Waals surface area contributed by atoms with Gasteiger partial charge in [-0.1, -0.05) is 12.1 Å². The normalized spacial score (nSPS) is 10.5. The largest absolute Gasteiger partial charge is 0.475 e. The third-order valence-electron chi connectivity index (χ3n) is 2.87. The van der Waals surface area contributed by atoms with Gasteiger partial charge in [-0.05, 0) is 18.2 Å². The van der Waals surface area contributed by atoms with E-state index in [0.29, 0.717) is 17.9 Å². The number of aromatic carboxylic acids is 1. The lowest BCUT2D eigenvalue weighted by Gasteiger charge is -2.09. The van der Waals surface area contributed by atoms with E-state index in [1.165, 1.54) is 6.33 Å². The van der Waals surface area contributed by atoms with Crippen LogP contribution in [-0.2, 0) is 6.54 Å². The highest BCUT2D eigenvalue weighted by molar-refractivity contribution is 5.93. The first-order chi connectivity index (χ1) is 10.2. The minimum Gasteiger partial charge on any atom is -0.475 e. The summed E-state index contributed by atoms with van der Waals surface area (Å²) in [5, 5.41) is 12.9. The molecule has 0 saturated carbocycles. The minimum absolute atomic E-state index is 0.237. The Morgan fingerprint density at radius 1 is 1.19 bits per heavy atom. The van der Waals surface area contributed by atoms with Gasteiger partial charge in [0.1, 0.15) is 12.1 Å². The summed E-state index contributed by atoms with van der Waals surface area (Å²) in [5.41, 5.74) is 1.36. The van der Waals surface area contributed by atoms with Crippen LogP contribution in [0.25, 0.3) is 10.9 Å². The summed E-state index contributed by atoms with van der Waals surface area (Å²) >= 11 is 0. The zero-order valence-corrected chi connectivity index (χ0v) is 10.9. The third-order valence-corrected chi connectivity index (χ3v) is 2.87. The summed E-state index contributed by atoms with van der Waals surface area (Å²) in [6.45, 7) is 0.419. The van der Waals surface area contributed by atoms with Gasteiger partial charge in [-0.25, -0.2) is 24.7 Å². The summed E-state index contributed by atoms with van der Waals surface area (Å²) in [6, 6.07) is 9.01. The van der Waals surface area contributed by atoms with Crippen molar-refractivity contribution in [3.63, 3.8) is 0 Å². The predicted molar refractivity (Wildman–Crippen MR) is 75.9 cm³/mol. The summed E-state index contributed by atoms with van der Waals surface area (Å²) in [5.74, 6) is -0.929. The molecule has 7 nitrogen and oxygen atoms in total. The van der Waals surface area contributed by atoms with Crippen molar-refractivity contribution >= 4 is 22.7 Å². The molecule has 7 heteroatoms. The van der Waals surface area contributed by atoms with Gasteiger partial charge in [0.15, 0.2) is 0 Å². The molecule has 104 valence electrons. The number of nitrogens with one attached hydrogen (secondary N) is 1. The number of rotatable bonds is 4. The van der Waals surface area contributed by atoms with E-state index >= 15 is 0 Å². The molecule has 2 aromatic heterocycles. The second-order valence-corrected chi connectivity index (χ2v) is 4.27. The molecular formula is C14H11N5O2. The van der Waals surface area contributed by atoms with Crippen LogP contribution in [0.15, 0.2) is 42.9 Å². The van der Waals surface area contributed by atoms with Crippen molar-refractivity contribution in [2.45, 2.75) is 6.54 Å². The van der Waals surface area contributed by atoms with Gasteiger partial charge in [0.05, 0.1) is 17.8 Å². The van der Waals surface area contributed by atoms with E-state index in [2.05, 4.69) is 25.3 Å². The average molecular weight is 281 g/mol. The van der Waals surface area contributed by atoms with Crippen molar-refractivity contribution < 1.29 is 9.90 Å². The molecule has 2 heterocycles. The first kappa shape index (κ1) is 12.9. The second-order valence-electron chi connectivity index (χ2n) is 4.27. The van der Waals surface area contributed by atoms with Crippen LogP contribution in [0, 0.1) is 0 Å². The smallest absolute Gasteiger partial charge is 0.374 e. The van der Waals surface area contributed by atoms with Crippen molar-refractivity contribution in [2.75, 3.05) is 5.32 Å². The fraction of sp³-hybridized carbons (Fsp3) is 0.0714. The summed E-state index contributed by atoms with van der Waals surface area (Å²) in [4.78, 5) is 27.1. The number of para-hydroxylation sites is 1. The monoisotopic (exact) mass is 281 g/mol. The number of nitrogens with zero attached hydrogens (tertiary/aromatic N) is 4. The van der Waals surface area contributed by atoms with E-state index in [9.17, 15) is 4.79 Å². The zero-order chi connectivity index (χ0) is 14.7. The highest BCUT2D eigenvalue weighted by Crippen LogP contribution is 2.20. The molecule has 0 aliphatic heterocycles. The molecule has 0 spiro atoms. The highest BCUT2D eigenvalue weighted by atomic mass is 16.4. The molecule has 0 aliphatic carbocycles. The Morgan fingerprint density at radius 3 is 2.81 bits per heavy atom. The maximum Gasteiger partial charge on any atom is 0.374 e. The van der Waals surface area contributed by atoms with Crippen molar-refractivity contribution in [3.05, 3.63) is 54.4 Å². The van der Waals surface area contributed by atoms with Crippen molar-refractivity contribution in [1.82, 2.24) is 19.9 Å². The van der Waals surface area contributed by atoms with Gasteiger partial charge in [-0.3, -0.25) is 0 Å². The second kappa shape index (κ2) is 5.49. The summed E-state index contributed by atoms with van der Waals surface area (Å²) < 4.78 is 0. The lowest BCUT2D eigenvalue weighted by atomic mass is 10.2. The van der Waals surface area contributed by atoms with Gasteiger partial charge in [0.2, 0.25) is 5.82 Å². The number of hydrogen-bond donors (Lipinski definition) is 2. The Kier molecular flexibility index (Phi) is 3.38. The van der Waals surface area contributed by atoms with Crippen LogP contribution >= 0.6 is 0 Å². The van der Waals surface area contributed by atoms with Crippen molar-refractivity contribution in [2.24, 2.45) is 0 Å². The molecule has 0 amide bonds. The van der Waals surface area contributed by atoms with Crippen LogP contribution in [0.3, 0.4) is 0 Å². The Hall–Kier alpha value is -3.09. The molecule has 0 fully saturated rings. The fourth-order valence-electron chi connectivity index (χ4n) is 1.90. The molecule has 3 aromatic rings. The Morgan fingerprint density at radius 2 is 2.05 bits per heavy atom. The molecule has 21 heavy (non-hydrogen) atoms. The number of benzene rings is 1. The van der Waals surface area contributed by atoms with E-state index in [1.807, 2.05) is 12.1 Å². The molecule has 2 N–H and O–H groups in total. The zero-order valence-electron chi connectivity index (χ0n) is 10.9. The topological polar surface area (TPSA) is 101 Å². The maximum atomic E-state index is 11.1. The van der Waals surface area contributed by atoms with Gasteiger partial charge >= 0.3 is 5.97 Å². The van der Waals surface area contributed by atoms with Crippen LogP contribution in [0.5, 0.6) is 0 Å². The van der Waals surface area contributed by atoms with Gasteiger partial charge in [-0.2, -0.15) is 0 Å². The Labute approximate surface area is 119 Å². The number of anilines is 1. The number of aromatic nitrogens is 4. The van der Waals surface area contributed by atoms with Crippen LogP contribution < -0.4 is 5.32 Å². The van der Waals surface area contributed by atoms with Crippen LogP contribution in [0.4, 0.5) is 5.82 Å². The first-order valence-electron chi connectivity index (χ1n) is 6.23. The molecule has 3 rings (SSSR count). The number of carboxylic acid groups (broad SMARTS) is 1. The predicted octanol–water partition coefficient (Wildman–Crippen LogP) is 1.73. The molecule has 0 unspecified atom stereocenters. The van der Waals surface area contributed by atoms with E-state index in [0.717, 1.165) is 11.1 Å². The lowest BCUT2D eigenvalue weighted by molar-refractivity contribution is 0.0684. The molecule has 0 atom stereocenters.